The molecule has 0 aliphatic heterocycles. The molecule has 6 unspecified atom stereocenters. The van der Waals surface area contributed by atoms with Crippen LogP contribution in [-0.4, -0.2) is 24.1 Å². The minimum absolute atomic E-state index is 0.346. The zero-order chi connectivity index (χ0) is 85.8. The summed E-state index contributed by atoms with van der Waals surface area (Å²) < 4.78 is 9.68. The summed E-state index contributed by atoms with van der Waals surface area (Å²) in [7, 11) is 4.15. The zero-order valence-corrected chi connectivity index (χ0v) is 83.7. The maximum absolute atomic E-state index is 5.34. The van der Waals surface area contributed by atoms with Gasteiger partial charge in [-0.05, 0) is 310 Å². The topological polar surface area (TPSA) is 61.7 Å². The largest absolute Gasteiger partial charge is 0.466 e. The fraction of sp³-hybridized carbons (Fsp3) is 0.772. The summed E-state index contributed by atoms with van der Waals surface area (Å²) in [6.07, 6.45) is 0. The van der Waals surface area contributed by atoms with Crippen molar-refractivity contribution in [1.29, 1.82) is 0 Å². The summed E-state index contributed by atoms with van der Waals surface area (Å²) in [6.45, 7) is 124. The SMILES string of the molecule is CC1(C)C2C(C)(C)C(C)(C)C1C(C)(C)C2(C)C.CC1=C(C)C2C(C)(C)C1C(C)(C)C(C)(C)C2(C)C.CC1=C(C)C2C(C)(C)C1C(C)(C)C2(C)C.CC1=C(C)C2C(C)(C)C1C(C)(C)C2(C)C.Cc1c(C)c(C)n(C)c1C.Cc1nc(C)c(C)s1.Cc1nc(C)c(C)s1.Cc1nc(C)n(C)c1C.Cc1oc(C)c(C)c1C. The van der Waals surface area contributed by atoms with Crippen LogP contribution >= 0.6 is 22.7 Å². The van der Waals surface area contributed by atoms with Crippen molar-refractivity contribution in [2.24, 2.45) is 143 Å². The number of rotatable bonds is 0. The first-order valence-electron chi connectivity index (χ1n) is 42.3. The Hall–Kier alpha value is -3.75. The second kappa shape index (κ2) is 30.4. The smallest absolute Gasteiger partial charge is 0.105 e. The van der Waals surface area contributed by atoms with E-state index < -0.39 is 0 Å². The molecule has 5 fully saturated rings. The number of hydrogen-bond acceptors (Lipinski definition) is 6. The first-order valence-corrected chi connectivity index (χ1v) is 43.9. The Morgan fingerprint density at radius 1 is 0.257 bits per heavy atom. The Kier molecular flexibility index (Phi) is 26.7. The highest BCUT2D eigenvalue weighted by Crippen LogP contribution is 2.84. The van der Waals surface area contributed by atoms with E-state index in [0.29, 0.717) is 81.2 Å². The van der Waals surface area contributed by atoms with Gasteiger partial charge in [0.1, 0.15) is 17.3 Å². The van der Waals surface area contributed by atoms with Crippen LogP contribution in [0.15, 0.2) is 37.9 Å². The molecule has 8 aliphatic rings. The maximum atomic E-state index is 5.34. The molecule has 8 aliphatic carbocycles. The van der Waals surface area contributed by atoms with E-state index in [1.165, 1.54) is 70.5 Å². The molecule has 0 spiro atoms. The molecule has 5 saturated carbocycles. The van der Waals surface area contributed by atoms with E-state index in [-0.39, 0.29) is 0 Å². The Morgan fingerprint density at radius 3 is 0.596 bits per heavy atom. The molecular weight excluding hydrogens is 1360 g/mol. The zero-order valence-electron chi connectivity index (χ0n) is 82.1. The van der Waals surface area contributed by atoms with Crippen LogP contribution in [0.1, 0.15) is 343 Å². The highest BCUT2D eigenvalue weighted by Gasteiger charge is 2.79. The van der Waals surface area contributed by atoms with E-state index in [4.69, 9.17) is 4.42 Å². The van der Waals surface area contributed by atoms with Gasteiger partial charge in [0.25, 0.3) is 0 Å². The first-order chi connectivity index (χ1) is 48.4. The molecule has 109 heavy (non-hydrogen) atoms. The van der Waals surface area contributed by atoms with Gasteiger partial charge >= 0.3 is 0 Å². The van der Waals surface area contributed by atoms with Crippen molar-refractivity contribution in [2.75, 3.05) is 0 Å². The number of thiazole rings is 2. The van der Waals surface area contributed by atoms with E-state index in [1.54, 1.807) is 56.1 Å². The monoisotopic (exact) mass is 1540 g/mol. The Bertz CT molecular complexity index is 3750. The lowest BCUT2D eigenvalue weighted by Crippen LogP contribution is -2.61. The number of allylic oxidation sites excluding steroid dienone is 6. The molecule has 8 heteroatoms. The number of imidazole rings is 1. The van der Waals surface area contributed by atoms with E-state index in [1.807, 2.05) is 62.4 Å². The van der Waals surface area contributed by atoms with Gasteiger partial charge in [-0.2, -0.15) is 0 Å². The minimum atomic E-state index is 0.346. The molecule has 620 valence electrons. The van der Waals surface area contributed by atoms with Crippen molar-refractivity contribution in [3.05, 3.63) is 127 Å². The van der Waals surface area contributed by atoms with Crippen molar-refractivity contribution < 1.29 is 4.42 Å². The summed E-state index contributed by atoms with van der Waals surface area (Å²) in [5.41, 5.74) is 29.3. The third-order valence-corrected chi connectivity index (χ3v) is 38.2. The highest BCUT2D eigenvalue weighted by molar-refractivity contribution is 7.11. The number of nitrogens with zero attached hydrogens (tertiary/aromatic N) is 5. The van der Waals surface area contributed by atoms with Crippen LogP contribution in [0.4, 0.5) is 0 Å². The van der Waals surface area contributed by atoms with E-state index in [9.17, 15) is 0 Å². The van der Waals surface area contributed by atoms with Gasteiger partial charge in [-0.15, -0.1) is 22.7 Å². The molecule has 8 bridgehead atoms. The fourth-order valence-corrected chi connectivity index (χ4v) is 30.3. The van der Waals surface area contributed by atoms with E-state index in [2.05, 4.69) is 343 Å². The van der Waals surface area contributed by atoms with Gasteiger partial charge in [0, 0.05) is 40.9 Å². The number of aromatic nitrogens is 5. The second-order valence-electron chi connectivity index (χ2n) is 45.3. The molecule has 0 radical (unpaired) electrons. The van der Waals surface area contributed by atoms with Gasteiger partial charge in [0.05, 0.1) is 27.1 Å². The van der Waals surface area contributed by atoms with Crippen molar-refractivity contribution in [3.63, 3.8) is 0 Å². The molecule has 5 aromatic rings. The summed E-state index contributed by atoms with van der Waals surface area (Å²) in [6, 6.07) is 0. The van der Waals surface area contributed by atoms with E-state index >= 15 is 0 Å². The molecule has 6 atom stereocenters. The Morgan fingerprint density at radius 2 is 0.486 bits per heavy atom. The molecule has 0 amide bonds. The lowest BCUT2D eigenvalue weighted by Gasteiger charge is -2.66. The fourth-order valence-electron chi connectivity index (χ4n) is 28.6. The van der Waals surface area contributed by atoms with Crippen molar-refractivity contribution in [1.82, 2.24) is 24.1 Å². The van der Waals surface area contributed by atoms with Crippen LogP contribution in [0.25, 0.3) is 0 Å². The van der Waals surface area contributed by atoms with Crippen LogP contribution in [0.5, 0.6) is 0 Å². The molecule has 13 rings (SSSR count). The van der Waals surface area contributed by atoms with Crippen LogP contribution in [0.2, 0.25) is 0 Å². The van der Waals surface area contributed by atoms with Crippen LogP contribution in [0, 0.1) is 246 Å². The lowest BCUT2D eigenvalue weighted by molar-refractivity contribution is -0.171. The molecule has 5 aromatic heterocycles. The maximum Gasteiger partial charge on any atom is 0.105 e. The third kappa shape index (κ3) is 14.9. The van der Waals surface area contributed by atoms with Gasteiger partial charge in [-0.3, -0.25) is 0 Å². The molecule has 0 aromatic carbocycles. The predicted octanol–water partition coefficient (Wildman–Crippen LogP) is 30.6. The summed E-state index contributed by atoms with van der Waals surface area (Å²) in [4.78, 5) is 15.4. The van der Waals surface area contributed by atoms with Gasteiger partial charge in [0.15, 0.2) is 0 Å². The quantitative estimate of drug-likeness (QED) is 0.145. The number of aryl methyl sites for hydroxylation is 10. The number of hydrogen-bond donors (Lipinski definition) is 0. The molecule has 0 saturated heterocycles. The van der Waals surface area contributed by atoms with Crippen molar-refractivity contribution in [2.45, 2.75) is 367 Å². The standard InChI is InChI=1S/C18H32.C17H32.2C15H26.C9H15N.C8H12O.C7H12N2.2C6H9NS/c1-11-12(2)14-15(3,4)13(11)16(5,6)18(9,10)17(14,7)8;1-13(2)11-14(3,4)15(5,6)12(13)17(9,10)16(11,7)8;2*1-9-10(2)12-13(3,4)11(9)14(5,6)15(12,7)8;1-6-7(2)9(4)10(5)8(6)3;1-5-6(2)8(4)9-7(5)3;1-5-6(2)9(4)7(3)8-5;2*1-4-5(2)8-6(3)7-4/h13-14H,1-10H3;11-12H,1-10H3;2*11-12H,1-8H3;1-5H3;2*1-4H3;2*1-3H3. The highest BCUT2D eigenvalue weighted by atomic mass is 32.1. The molecular formula is C101H173N5OS2. The summed E-state index contributed by atoms with van der Waals surface area (Å²) in [5.74, 6) is 9.30. The lowest BCUT2D eigenvalue weighted by atomic mass is 9.38. The average Bonchev–Trinajstić information content (AvgIpc) is 1.48. The molecule has 6 nitrogen and oxygen atoms in total. The van der Waals surface area contributed by atoms with Crippen LogP contribution in [0.3, 0.4) is 0 Å². The normalized spacial score (nSPS) is 28.2. The van der Waals surface area contributed by atoms with Gasteiger partial charge in [-0.1, -0.05) is 241 Å². The minimum Gasteiger partial charge on any atom is -0.466 e. The average molecular weight is 1540 g/mol. The van der Waals surface area contributed by atoms with Gasteiger partial charge in [-0.25, -0.2) is 15.0 Å². The Labute approximate surface area is 683 Å². The van der Waals surface area contributed by atoms with Crippen LogP contribution in [-0.2, 0) is 14.1 Å². The van der Waals surface area contributed by atoms with Gasteiger partial charge < -0.3 is 13.6 Å². The van der Waals surface area contributed by atoms with Crippen LogP contribution < -0.4 is 0 Å². The van der Waals surface area contributed by atoms with Crippen molar-refractivity contribution >= 4 is 22.7 Å². The molecule has 5 heterocycles. The Balaban J connectivity index is 0.000000223. The second-order valence-corrected chi connectivity index (χ2v) is 48.1. The number of fused-ring (bicyclic) bond motifs is 8. The summed E-state index contributed by atoms with van der Waals surface area (Å²) >= 11 is 3.52. The van der Waals surface area contributed by atoms with Crippen molar-refractivity contribution in [3.8, 4) is 0 Å². The predicted molar refractivity (Wildman–Crippen MR) is 482 cm³/mol. The number of furan rings is 1. The summed E-state index contributed by atoms with van der Waals surface area (Å²) in [5, 5.41) is 2.33. The molecule has 0 N–H and O–H groups in total. The first kappa shape index (κ1) is 95.8. The van der Waals surface area contributed by atoms with Gasteiger partial charge in [0.2, 0.25) is 0 Å². The third-order valence-electron chi connectivity index (χ3n) is 36.2. The van der Waals surface area contributed by atoms with E-state index in [0.717, 1.165) is 70.4 Å².